The van der Waals surface area contributed by atoms with E-state index in [1.165, 1.54) is 0 Å². The van der Waals surface area contributed by atoms with Crippen molar-refractivity contribution in [1.29, 1.82) is 0 Å². The molecule has 0 aromatic carbocycles. The maximum absolute atomic E-state index is 11.3. The first kappa shape index (κ1) is 12.9. The van der Waals surface area contributed by atoms with Crippen molar-refractivity contribution in [3.63, 3.8) is 0 Å². The first-order valence-electron chi connectivity index (χ1n) is 5.70. The maximum Gasteiger partial charge on any atom is 0.153 e. The van der Waals surface area contributed by atoms with Gasteiger partial charge in [-0.25, -0.2) is 8.42 Å². The van der Waals surface area contributed by atoms with Crippen molar-refractivity contribution < 1.29 is 8.42 Å². The van der Waals surface area contributed by atoms with Crippen molar-refractivity contribution >= 4 is 9.84 Å². The predicted molar refractivity (Wildman–Crippen MR) is 62.8 cm³/mol. The van der Waals surface area contributed by atoms with Crippen molar-refractivity contribution in [2.24, 2.45) is 0 Å². The summed E-state index contributed by atoms with van der Waals surface area (Å²) in [5.41, 5.74) is 0. The van der Waals surface area contributed by atoms with Crippen LogP contribution in [0.3, 0.4) is 0 Å². The summed E-state index contributed by atoms with van der Waals surface area (Å²) in [7, 11) is -2.76. The van der Waals surface area contributed by atoms with Crippen molar-refractivity contribution in [2.45, 2.75) is 26.3 Å². The van der Waals surface area contributed by atoms with E-state index in [-0.39, 0.29) is 6.04 Å². The van der Waals surface area contributed by atoms with E-state index in [9.17, 15) is 8.42 Å². The van der Waals surface area contributed by atoms with Gasteiger partial charge in [0.05, 0.1) is 11.5 Å². The van der Waals surface area contributed by atoms with Gasteiger partial charge in [0.2, 0.25) is 0 Å². The average molecular weight is 234 g/mol. The fraction of sp³-hybridized carbons (Fsp3) is 1.00. The summed E-state index contributed by atoms with van der Waals surface area (Å²) >= 11 is 0. The zero-order chi connectivity index (χ0) is 11.3. The molecule has 1 rings (SSSR count). The molecular weight excluding hydrogens is 212 g/mol. The summed E-state index contributed by atoms with van der Waals surface area (Å²) in [6.45, 7) is 7.78. The molecule has 1 atom stereocenters. The van der Waals surface area contributed by atoms with Crippen molar-refractivity contribution in [2.75, 3.05) is 37.7 Å². The lowest BCUT2D eigenvalue weighted by atomic mass is 10.3. The lowest BCUT2D eigenvalue weighted by molar-refractivity contribution is 0.227. The van der Waals surface area contributed by atoms with Crippen LogP contribution in [-0.2, 0) is 9.84 Å². The number of hydrogen-bond acceptors (Lipinski definition) is 4. The Hall–Kier alpha value is -0.130. The Kier molecular flexibility index (Phi) is 5.02. The van der Waals surface area contributed by atoms with Crippen LogP contribution in [0.25, 0.3) is 0 Å². The first-order valence-corrected chi connectivity index (χ1v) is 7.52. The van der Waals surface area contributed by atoms with Gasteiger partial charge in [-0.15, -0.1) is 0 Å². The molecule has 1 N–H and O–H groups in total. The van der Waals surface area contributed by atoms with Gasteiger partial charge >= 0.3 is 0 Å². The standard InChI is InChI=1S/C10H22N2O2S/c1-3-4-11-5-6-12-7-8-15(13,14)9-10(12)2/h10-11H,3-9H2,1-2H3. The fourth-order valence-electron chi connectivity index (χ4n) is 1.89. The Morgan fingerprint density at radius 2 is 2.13 bits per heavy atom. The van der Waals surface area contributed by atoms with E-state index in [0.29, 0.717) is 18.1 Å². The summed E-state index contributed by atoms with van der Waals surface area (Å²) < 4.78 is 22.7. The lowest BCUT2D eigenvalue weighted by Crippen LogP contribution is -2.48. The average Bonchev–Trinajstić information content (AvgIpc) is 2.14. The Morgan fingerprint density at radius 1 is 1.40 bits per heavy atom. The van der Waals surface area contributed by atoms with Crippen LogP contribution in [-0.4, -0.2) is 57.0 Å². The molecule has 1 heterocycles. The quantitative estimate of drug-likeness (QED) is 0.686. The van der Waals surface area contributed by atoms with Crippen LogP contribution in [0.5, 0.6) is 0 Å². The minimum atomic E-state index is -2.76. The summed E-state index contributed by atoms with van der Waals surface area (Å²) in [5.74, 6) is 0.645. The third kappa shape index (κ3) is 4.49. The molecule has 1 unspecified atom stereocenters. The van der Waals surface area contributed by atoms with Crippen molar-refractivity contribution in [3.05, 3.63) is 0 Å². The highest BCUT2D eigenvalue weighted by molar-refractivity contribution is 7.91. The van der Waals surface area contributed by atoms with E-state index >= 15 is 0 Å². The van der Waals surface area contributed by atoms with Crippen LogP contribution in [0, 0.1) is 0 Å². The highest BCUT2D eigenvalue weighted by Crippen LogP contribution is 2.10. The molecule has 0 amide bonds. The second-order valence-electron chi connectivity index (χ2n) is 4.25. The molecule has 0 aliphatic carbocycles. The van der Waals surface area contributed by atoms with Gasteiger partial charge in [-0.3, -0.25) is 4.90 Å². The SMILES string of the molecule is CCCNCCN1CCS(=O)(=O)CC1C. The van der Waals surface area contributed by atoms with Gasteiger partial charge in [0, 0.05) is 25.7 Å². The maximum atomic E-state index is 11.3. The third-order valence-electron chi connectivity index (χ3n) is 2.81. The molecule has 0 spiro atoms. The predicted octanol–water partition coefficient (Wildman–Crippen LogP) is 0.105. The van der Waals surface area contributed by atoms with Gasteiger partial charge in [0.1, 0.15) is 0 Å². The Balaban J connectivity index is 2.26. The van der Waals surface area contributed by atoms with E-state index in [1.54, 1.807) is 0 Å². The third-order valence-corrected chi connectivity index (χ3v) is 4.61. The van der Waals surface area contributed by atoms with Crippen LogP contribution >= 0.6 is 0 Å². The number of sulfone groups is 1. The number of nitrogens with one attached hydrogen (secondary N) is 1. The first-order chi connectivity index (χ1) is 7.05. The molecule has 0 bridgehead atoms. The van der Waals surface area contributed by atoms with E-state index in [4.69, 9.17) is 0 Å². The molecule has 1 fully saturated rings. The fourth-order valence-corrected chi connectivity index (χ4v) is 3.51. The largest absolute Gasteiger partial charge is 0.315 e. The van der Waals surface area contributed by atoms with Crippen LogP contribution in [0.1, 0.15) is 20.3 Å². The van der Waals surface area contributed by atoms with Gasteiger partial charge in [-0.05, 0) is 19.9 Å². The van der Waals surface area contributed by atoms with Gasteiger partial charge < -0.3 is 5.32 Å². The monoisotopic (exact) mass is 234 g/mol. The number of hydrogen-bond donors (Lipinski definition) is 1. The number of nitrogens with zero attached hydrogens (tertiary/aromatic N) is 1. The van der Waals surface area contributed by atoms with E-state index in [2.05, 4.69) is 17.1 Å². The number of rotatable bonds is 5. The highest BCUT2D eigenvalue weighted by Gasteiger charge is 2.27. The Labute approximate surface area is 93.0 Å². The second kappa shape index (κ2) is 5.82. The highest BCUT2D eigenvalue weighted by atomic mass is 32.2. The second-order valence-corrected chi connectivity index (χ2v) is 6.48. The van der Waals surface area contributed by atoms with Gasteiger partial charge in [0.15, 0.2) is 9.84 Å². The van der Waals surface area contributed by atoms with E-state index in [0.717, 1.165) is 26.1 Å². The van der Waals surface area contributed by atoms with Gasteiger partial charge in [0.25, 0.3) is 0 Å². The minimum absolute atomic E-state index is 0.173. The summed E-state index contributed by atoms with van der Waals surface area (Å²) in [6.07, 6.45) is 1.14. The Bertz CT molecular complexity index is 277. The molecule has 4 nitrogen and oxygen atoms in total. The summed E-state index contributed by atoms with van der Waals surface area (Å²) in [4.78, 5) is 2.25. The zero-order valence-electron chi connectivity index (χ0n) is 9.70. The van der Waals surface area contributed by atoms with Crippen molar-refractivity contribution in [3.8, 4) is 0 Å². The molecule has 0 saturated carbocycles. The molecule has 0 aromatic heterocycles. The minimum Gasteiger partial charge on any atom is -0.315 e. The molecule has 1 aliphatic heterocycles. The smallest absolute Gasteiger partial charge is 0.153 e. The molecule has 5 heteroatoms. The molecule has 1 aliphatic rings. The van der Waals surface area contributed by atoms with Gasteiger partial charge in [-0.2, -0.15) is 0 Å². The summed E-state index contributed by atoms with van der Waals surface area (Å²) in [5, 5.41) is 3.33. The Morgan fingerprint density at radius 3 is 2.73 bits per heavy atom. The van der Waals surface area contributed by atoms with Crippen LogP contribution in [0.15, 0.2) is 0 Å². The van der Waals surface area contributed by atoms with Crippen molar-refractivity contribution in [1.82, 2.24) is 10.2 Å². The van der Waals surface area contributed by atoms with Crippen LogP contribution in [0.2, 0.25) is 0 Å². The van der Waals surface area contributed by atoms with E-state index < -0.39 is 9.84 Å². The topological polar surface area (TPSA) is 49.4 Å². The molecular formula is C10H22N2O2S. The van der Waals surface area contributed by atoms with E-state index in [1.807, 2.05) is 6.92 Å². The molecule has 15 heavy (non-hydrogen) atoms. The molecule has 0 radical (unpaired) electrons. The normalized spacial score (nSPS) is 26.7. The molecule has 90 valence electrons. The van der Waals surface area contributed by atoms with Crippen LogP contribution in [0.4, 0.5) is 0 Å². The molecule has 0 aromatic rings. The zero-order valence-corrected chi connectivity index (χ0v) is 10.5. The lowest BCUT2D eigenvalue weighted by Gasteiger charge is -2.33. The summed E-state index contributed by atoms with van der Waals surface area (Å²) in [6, 6.07) is 0.173. The van der Waals surface area contributed by atoms with Gasteiger partial charge in [-0.1, -0.05) is 6.92 Å². The molecule has 1 saturated heterocycles. The van der Waals surface area contributed by atoms with Crippen LogP contribution < -0.4 is 5.32 Å².